The lowest BCUT2D eigenvalue weighted by Crippen LogP contribution is -2.19. The molecule has 0 aromatic heterocycles. The fourth-order valence-electron chi connectivity index (χ4n) is 2.18. The molecule has 0 saturated heterocycles. The van der Waals surface area contributed by atoms with Gasteiger partial charge in [0.2, 0.25) is 0 Å². The summed E-state index contributed by atoms with van der Waals surface area (Å²) in [7, 11) is 0.494. The number of methoxy groups -OCH3 is 1. The van der Waals surface area contributed by atoms with Gasteiger partial charge in [-0.05, 0) is 43.2 Å². The Morgan fingerprint density at radius 2 is 1.86 bits per heavy atom. The number of hydrogen-bond acceptors (Lipinski definition) is 3. The third-order valence-corrected chi connectivity index (χ3v) is 5.05. The zero-order valence-corrected chi connectivity index (χ0v) is 13.4. The number of para-hydroxylation sites is 1. The van der Waals surface area contributed by atoms with E-state index in [4.69, 9.17) is 10.5 Å². The molecule has 0 aliphatic carbocycles. The maximum atomic E-state index is 12.5. The van der Waals surface area contributed by atoms with Crippen LogP contribution in [0, 0.1) is 13.8 Å². The van der Waals surface area contributed by atoms with Crippen LogP contribution in [0.4, 0.5) is 0 Å². The number of ether oxygens (including phenoxy) is 1. The lowest BCUT2D eigenvalue weighted by molar-refractivity contribution is 0.407. The first-order valence-electron chi connectivity index (χ1n) is 6.87. The number of nitrogens with two attached hydrogens (primary N) is 1. The zero-order chi connectivity index (χ0) is 15.4. The first kappa shape index (κ1) is 15.7. The van der Waals surface area contributed by atoms with E-state index >= 15 is 0 Å². The highest BCUT2D eigenvalue weighted by molar-refractivity contribution is 7.85. The Balaban J connectivity index is 2.16. The van der Waals surface area contributed by atoms with Gasteiger partial charge in [-0.2, -0.15) is 0 Å². The molecule has 0 spiro atoms. The largest absolute Gasteiger partial charge is 0.496 e. The van der Waals surface area contributed by atoms with Gasteiger partial charge in [-0.15, -0.1) is 0 Å². The zero-order valence-electron chi connectivity index (χ0n) is 12.6. The van der Waals surface area contributed by atoms with Crippen molar-refractivity contribution in [2.75, 3.05) is 12.9 Å². The molecular formula is C17H21NO2S. The van der Waals surface area contributed by atoms with Crippen LogP contribution in [0.2, 0.25) is 0 Å². The normalized spacial score (nSPS) is 13.7. The van der Waals surface area contributed by atoms with E-state index in [1.165, 1.54) is 5.56 Å². The third kappa shape index (κ3) is 3.71. The van der Waals surface area contributed by atoms with Crippen molar-refractivity contribution in [2.45, 2.75) is 24.8 Å². The highest BCUT2D eigenvalue weighted by Crippen LogP contribution is 2.25. The topological polar surface area (TPSA) is 52.3 Å². The molecule has 0 amide bonds. The smallest absolute Gasteiger partial charge is 0.123 e. The van der Waals surface area contributed by atoms with Crippen molar-refractivity contribution < 1.29 is 8.95 Å². The first-order chi connectivity index (χ1) is 10.0. The van der Waals surface area contributed by atoms with E-state index in [-0.39, 0.29) is 6.04 Å². The summed E-state index contributed by atoms with van der Waals surface area (Å²) < 4.78 is 17.8. The molecular weight excluding hydrogens is 282 g/mol. The van der Waals surface area contributed by atoms with E-state index in [1.54, 1.807) is 7.11 Å². The van der Waals surface area contributed by atoms with Crippen LogP contribution < -0.4 is 10.5 Å². The van der Waals surface area contributed by atoms with E-state index in [2.05, 4.69) is 0 Å². The van der Waals surface area contributed by atoms with Crippen LogP contribution in [-0.2, 0) is 10.8 Å². The molecule has 0 fully saturated rings. The average molecular weight is 303 g/mol. The molecule has 112 valence electrons. The van der Waals surface area contributed by atoms with Gasteiger partial charge in [-0.1, -0.05) is 24.3 Å². The number of rotatable bonds is 5. The van der Waals surface area contributed by atoms with E-state index in [0.29, 0.717) is 5.75 Å². The predicted molar refractivity (Wildman–Crippen MR) is 87.1 cm³/mol. The molecule has 2 unspecified atom stereocenters. The molecule has 2 aromatic rings. The van der Waals surface area contributed by atoms with Gasteiger partial charge in [0.1, 0.15) is 5.75 Å². The summed E-state index contributed by atoms with van der Waals surface area (Å²) in [6, 6.07) is 13.2. The lowest BCUT2D eigenvalue weighted by atomic mass is 10.1. The van der Waals surface area contributed by atoms with Crippen molar-refractivity contribution in [3.63, 3.8) is 0 Å². The average Bonchev–Trinajstić information content (AvgIpc) is 2.49. The van der Waals surface area contributed by atoms with Crippen LogP contribution in [0.15, 0.2) is 47.4 Å². The third-order valence-electron chi connectivity index (χ3n) is 3.61. The summed E-state index contributed by atoms with van der Waals surface area (Å²) in [4.78, 5) is 0.823. The molecule has 21 heavy (non-hydrogen) atoms. The Labute approximate surface area is 128 Å². The molecule has 4 heteroatoms. The Hall–Kier alpha value is -1.65. The second-order valence-corrected chi connectivity index (χ2v) is 6.60. The van der Waals surface area contributed by atoms with Gasteiger partial charge in [0.15, 0.2) is 0 Å². The van der Waals surface area contributed by atoms with E-state index in [9.17, 15) is 4.21 Å². The summed E-state index contributed by atoms with van der Waals surface area (Å²) >= 11 is 0. The molecule has 2 rings (SSSR count). The maximum absolute atomic E-state index is 12.5. The maximum Gasteiger partial charge on any atom is 0.123 e. The van der Waals surface area contributed by atoms with Gasteiger partial charge < -0.3 is 10.5 Å². The van der Waals surface area contributed by atoms with E-state index < -0.39 is 10.8 Å². The second kappa shape index (κ2) is 6.87. The summed E-state index contributed by atoms with van der Waals surface area (Å²) in [5.41, 5.74) is 9.43. The van der Waals surface area contributed by atoms with Gasteiger partial charge in [-0.3, -0.25) is 4.21 Å². The van der Waals surface area contributed by atoms with Crippen LogP contribution in [0.5, 0.6) is 5.75 Å². The van der Waals surface area contributed by atoms with Crippen molar-refractivity contribution in [1.29, 1.82) is 0 Å². The number of hydrogen-bond donors (Lipinski definition) is 1. The first-order valence-corrected chi connectivity index (χ1v) is 8.19. The highest BCUT2D eigenvalue weighted by Gasteiger charge is 2.16. The Bertz CT molecular complexity index is 655. The SMILES string of the molecule is COc1ccccc1C(N)CS(=O)c1ccc(C)c(C)c1. The lowest BCUT2D eigenvalue weighted by Gasteiger charge is -2.15. The summed E-state index contributed by atoms with van der Waals surface area (Å²) in [6.45, 7) is 4.07. The van der Waals surface area contributed by atoms with Gasteiger partial charge in [0.25, 0.3) is 0 Å². The Morgan fingerprint density at radius 3 is 2.52 bits per heavy atom. The van der Waals surface area contributed by atoms with Crippen molar-refractivity contribution in [1.82, 2.24) is 0 Å². The summed E-state index contributed by atoms with van der Waals surface area (Å²) in [5, 5.41) is 0. The Morgan fingerprint density at radius 1 is 1.14 bits per heavy atom. The van der Waals surface area contributed by atoms with Crippen LogP contribution in [0.1, 0.15) is 22.7 Å². The highest BCUT2D eigenvalue weighted by atomic mass is 32.2. The number of benzene rings is 2. The second-order valence-electron chi connectivity index (χ2n) is 5.11. The summed E-state index contributed by atoms with van der Waals surface area (Å²) in [6.07, 6.45) is 0. The monoisotopic (exact) mass is 303 g/mol. The van der Waals surface area contributed by atoms with Gasteiger partial charge in [0, 0.05) is 22.3 Å². The Kier molecular flexibility index (Phi) is 5.15. The quantitative estimate of drug-likeness (QED) is 0.923. The van der Waals surface area contributed by atoms with Crippen LogP contribution >= 0.6 is 0 Å². The molecule has 3 nitrogen and oxygen atoms in total. The molecule has 0 aliphatic rings. The molecule has 0 aliphatic heterocycles. The molecule has 2 atom stereocenters. The van der Waals surface area contributed by atoms with Gasteiger partial charge in [0.05, 0.1) is 17.9 Å². The molecule has 2 aromatic carbocycles. The predicted octanol–water partition coefficient (Wildman–Crippen LogP) is 3.12. The van der Waals surface area contributed by atoms with E-state index in [1.807, 2.05) is 56.3 Å². The fraction of sp³-hybridized carbons (Fsp3) is 0.294. The molecule has 0 radical (unpaired) electrons. The minimum atomic E-state index is -1.12. The standard InChI is InChI=1S/C17H21NO2S/c1-12-8-9-14(10-13(12)2)21(19)11-16(18)15-6-4-5-7-17(15)20-3/h4-10,16H,11,18H2,1-3H3. The minimum Gasteiger partial charge on any atom is -0.496 e. The molecule has 0 saturated carbocycles. The van der Waals surface area contributed by atoms with Crippen molar-refractivity contribution in [3.8, 4) is 5.75 Å². The van der Waals surface area contributed by atoms with E-state index in [0.717, 1.165) is 21.8 Å². The van der Waals surface area contributed by atoms with Gasteiger partial charge >= 0.3 is 0 Å². The van der Waals surface area contributed by atoms with Crippen molar-refractivity contribution >= 4 is 10.8 Å². The van der Waals surface area contributed by atoms with Crippen molar-refractivity contribution in [3.05, 3.63) is 59.2 Å². The summed E-state index contributed by atoms with van der Waals surface area (Å²) in [5.74, 6) is 1.12. The van der Waals surface area contributed by atoms with Crippen LogP contribution in [0.3, 0.4) is 0 Å². The molecule has 0 bridgehead atoms. The van der Waals surface area contributed by atoms with Gasteiger partial charge in [-0.25, -0.2) is 0 Å². The minimum absolute atomic E-state index is 0.316. The fourth-order valence-corrected chi connectivity index (χ4v) is 3.40. The molecule has 2 N–H and O–H groups in total. The molecule has 0 heterocycles. The van der Waals surface area contributed by atoms with Crippen molar-refractivity contribution in [2.24, 2.45) is 5.73 Å². The van der Waals surface area contributed by atoms with Crippen LogP contribution in [0.25, 0.3) is 0 Å². The number of aryl methyl sites for hydroxylation is 2. The van der Waals surface area contributed by atoms with Crippen LogP contribution in [-0.4, -0.2) is 17.1 Å².